The Morgan fingerprint density at radius 1 is 1.31 bits per heavy atom. The van der Waals surface area contributed by atoms with Crippen LogP contribution in [0.3, 0.4) is 0 Å². The van der Waals surface area contributed by atoms with E-state index < -0.39 is 0 Å². The summed E-state index contributed by atoms with van der Waals surface area (Å²) in [7, 11) is 0. The molecular weight excluding hydrogens is 228 g/mol. The average molecular weight is 249 g/mol. The summed E-state index contributed by atoms with van der Waals surface area (Å²) in [5.41, 5.74) is 0.403. The lowest BCUT2D eigenvalue weighted by atomic mass is 9.93. The summed E-state index contributed by atoms with van der Waals surface area (Å²) >= 11 is 3.66. The summed E-state index contributed by atoms with van der Waals surface area (Å²) in [4.78, 5) is 0.604. The Labute approximate surface area is 90.4 Å². The van der Waals surface area contributed by atoms with Gasteiger partial charge < -0.3 is 4.74 Å². The highest BCUT2D eigenvalue weighted by atomic mass is 79.9. The zero-order chi connectivity index (χ0) is 9.90. The van der Waals surface area contributed by atoms with E-state index in [1.165, 1.54) is 19.3 Å². The Kier molecular flexibility index (Phi) is 4.24. The molecule has 0 aliphatic heterocycles. The molecule has 0 amide bonds. The number of ether oxygens (including phenoxy) is 1. The van der Waals surface area contributed by atoms with Crippen LogP contribution in [0.2, 0.25) is 0 Å². The highest BCUT2D eigenvalue weighted by Gasteiger charge is 2.25. The van der Waals surface area contributed by atoms with Gasteiger partial charge in [-0.1, -0.05) is 36.7 Å². The third-order valence-electron chi connectivity index (χ3n) is 2.56. The summed E-state index contributed by atoms with van der Waals surface area (Å²) in [6.07, 6.45) is 5.46. The smallest absolute Gasteiger partial charge is 0.0700 e. The molecule has 0 heterocycles. The van der Waals surface area contributed by atoms with Gasteiger partial charge in [0.25, 0.3) is 0 Å². The van der Waals surface area contributed by atoms with Crippen molar-refractivity contribution in [2.24, 2.45) is 5.41 Å². The molecule has 0 aromatic rings. The number of halogens is 1. The SMILES string of the molecule is CC(C)(C)CCOC1CCCC1Br. The average Bonchev–Trinajstić information content (AvgIpc) is 2.34. The first-order valence-corrected chi connectivity index (χ1v) is 6.16. The van der Waals surface area contributed by atoms with Crippen molar-refractivity contribution in [2.75, 3.05) is 6.61 Å². The Morgan fingerprint density at radius 2 is 2.00 bits per heavy atom. The van der Waals surface area contributed by atoms with E-state index in [4.69, 9.17) is 4.74 Å². The maximum absolute atomic E-state index is 5.84. The van der Waals surface area contributed by atoms with Gasteiger partial charge in [0.05, 0.1) is 6.10 Å². The van der Waals surface area contributed by atoms with E-state index in [0.29, 0.717) is 16.3 Å². The lowest BCUT2D eigenvalue weighted by Gasteiger charge is -2.21. The fourth-order valence-corrected chi connectivity index (χ4v) is 2.33. The largest absolute Gasteiger partial charge is 0.377 e. The van der Waals surface area contributed by atoms with E-state index in [9.17, 15) is 0 Å². The third kappa shape index (κ3) is 4.46. The van der Waals surface area contributed by atoms with Crippen molar-refractivity contribution in [3.05, 3.63) is 0 Å². The Balaban J connectivity index is 2.12. The van der Waals surface area contributed by atoms with Gasteiger partial charge in [-0.15, -0.1) is 0 Å². The molecule has 2 unspecified atom stereocenters. The van der Waals surface area contributed by atoms with Gasteiger partial charge in [-0.25, -0.2) is 0 Å². The van der Waals surface area contributed by atoms with Crippen LogP contribution in [0, 0.1) is 5.41 Å². The van der Waals surface area contributed by atoms with Crippen molar-refractivity contribution >= 4 is 15.9 Å². The highest BCUT2D eigenvalue weighted by Crippen LogP contribution is 2.29. The fraction of sp³-hybridized carbons (Fsp3) is 1.00. The molecule has 78 valence electrons. The van der Waals surface area contributed by atoms with Crippen LogP contribution in [0.25, 0.3) is 0 Å². The van der Waals surface area contributed by atoms with Gasteiger partial charge in [0.1, 0.15) is 0 Å². The predicted molar refractivity (Wildman–Crippen MR) is 60.4 cm³/mol. The molecule has 0 N–H and O–H groups in total. The molecule has 2 heteroatoms. The van der Waals surface area contributed by atoms with Crippen molar-refractivity contribution in [2.45, 2.75) is 57.4 Å². The van der Waals surface area contributed by atoms with Crippen LogP contribution in [0.5, 0.6) is 0 Å². The van der Waals surface area contributed by atoms with Crippen molar-refractivity contribution < 1.29 is 4.74 Å². The standard InChI is InChI=1S/C11H21BrO/c1-11(2,3)7-8-13-10-6-4-5-9(10)12/h9-10H,4-8H2,1-3H3. The van der Waals surface area contributed by atoms with E-state index >= 15 is 0 Å². The van der Waals surface area contributed by atoms with Crippen LogP contribution in [0.4, 0.5) is 0 Å². The summed E-state index contributed by atoms with van der Waals surface area (Å²) < 4.78 is 5.84. The first kappa shape index (κ1) is 11.5. The molecule has 13 heavy (non-hydrogen) atoms. The minimum atomic E-state index is 0.403. The molecule has 1 rings (SSSR count). The lowest BCUT2D eigenvalue weighted by Crippen LogP contribution is -2.20. The maximum Gasteiger partial charge on any atom is 0.0700 e. The Morgan fingerprint density at radius 3 is 2.46 bits per heavy atom. The Bertz CT molecular complexity index is 151. The van der Waals surface area contributed by atoms with Crippen LogP contribution in [0.15, 0.2) is 0 Å². The molecule has 1 aliphatic rings. The van der Waals surface area contributed by atoms with Crippen molar-refractivity contribution in [1.82, 2.24) is 0 Å². The molecule has 0 aromatic carbocycles. The minimum Gasteiger partial charge on any atom is -0.377 e. The second-order valence-corrected chi connectivity index (χ2v) is 6.34. The van der Waals surface area contributed by atoms with E-state index in [1.54, 1.807) is 0 Å². The molecule has 1 nitrogen and oxygen atoms in total. The fourth-order valence-electron chi connectivity index (χ4n) is 1.59. The van der Waals surface area contributed by atoms with E-state index in [0.717, 1.165) is 13.0 Å². The van der Waals surface area contributed by atoms with Crippen LogP contribution < -0.4 is 0 Å². The molecule has 0 radical (unpaired) electrons. The topological polar surface area (TPSA) is 9.23 Å². The zero-order valence-electron chi connectivity index (χ0n) is 8.98. The van der Waals surface area contributed by atoms with Crippen LogP contribution in [-0.4, -0.2) is 17.5 Å². The molecule has 1 fully saturated rings. The lowest BCUT2D eigenvalue weighted by molar-refractivity contribution is 0.0462. The number of hydrogen-bond acceptors (Lipinski definition) is 1. The van der Waals surface area contributed by atoms with Crippen molar-refractivity contribution in [3.8, 4) is 0 Å². The molecule has 0 saturated heterocycles. The number of rotatable bonds is 3. The van der Waals surface area contributed by atoms with E-state index in [-0.39, 0.29) is 0 Å². The van der Waals surface area contributed by atoms with E-state index in [2.05, 4.69) is 36.7 Å². The van der Waals surface area contributed by atoms with Gasteiger partial charge >= 0.3 is 0 Å². The van der Waals surface area contributed by atoms with Gasteiger partial charge in [-0.3, -0.25) is 0 Å². The van der Waals surface area contributed by atoms with Gasteiger partial charge in [0.2, 0.25) is 0 Å². The summed E-state index contributed by atoms with van der Waals surface area (Å²) in [6, 6.07) is 0. The molecule has 0 aromatic heterocycles. The molecule has 1 aliphatic carbocycles. The summed E-state index contributed by atoms with van der Waals surface area (Å²) in [6.45, 7) is 7.69. The summed E-state index contributed by atoms with van der Waals surface area (Å²) in [5.74, 6) is 0. The number of hydrogen-bond donors (Lipinski definition) is 0. The first-order chi connectivity index (χ1) is 5.99. The first-order valence-electron chi connectivity index (χ1n) is 5.25. The molecule has 2 atom stereocenters. The minimum absolute atomic E-state index is 0.403. The van der Waals surface area contributed by atoms with Crippen LogP contribution in [0.1, 0.15) is 46.5 Å². The molecule has 1 saturated carbocycles. The van der Waals surface area contributed by atoms with Gasteiger partial charge in [0.15, 0.2) is 0 Å². The molecule has 0 spiro atoms. The van der Waals surface area contributed by atoms with Gasteiger partial charge in [0, 0.05) is 11.4 Å². The van der Waals surface area contributed by atoms with Crippen LogP contribution >= 0.6 is 15.9 Å². The second-order valence-electron chi connectivity index (χ2n) is 5.17. The highest BCUT2D eigenvalue weighted by molar-refractivity contribution is 9.09. The second kappa shape index (κ2) is 4.79. The van der Waals surface area contributed by atoms with E-state index in [1.807, 2.05) is 0 Å². The monoisotopic (exact) mass is 248 g/mol. The molecular formula is C11H21BrO. The van der Waals surface area contributed by atoms with Gasteiger partial charge in [-0.2, -0.15) is 0 Å². The Hall–Kier alpha value is 0.440. The summed E-state index contributed by atoms with van der Waals surface area (Å²) in [5, 5.41) is 0. The number of alkyl halides is 1. The van der Waals surface area contributed by atoms with Crippen molar-refractivity contribution in [3.63, 3.8) is 0 Å². The zero-order valence-corrected chi connectivity index (χ0v) is 10.6. The van der Waals surface area contributed by atoms with Crippen LogP contribution in [-0.2, 0) is 4.74 Å². The quantitative estimate of drug-likeness (QED) is 0.692. The predicted octanol–water partition coefficient (Wildman–Crippen LogP) is 3.76. The van der Waals surface area contributed by atoms with Crippen molar-refractivity contribution in [1.29, 1.82) is 0 Å². The normalized spacial score (nSPS) is 29.5. The maximum atomic E-state index is 5.84. The van der Waals surface area contributed by atoms with Gasteiger partial charge in [-0.05, 0) is 31.1 Å². The third-order valence-corrected chi connectivity index (χ3v) is 3.60. The molecule has 0 bridgehead atoms.